The van der Waals surface area contributed by atoms with Crippen LogP contribution in [-0.4, -0.2) is 77.5 Å². The molecular weight excluding hydrogens is 558 g/mol. The lowest BCUT2D eigenvalue weighted by Crippen LogP contribution is -2.51. The molecule has 2 aromatic heterocycles. The van der Waals surface area contributed by atoms with Gasteiger partial charge in [-0.3, -0.25) is 9.78 Å². The van der Waals surface area contributed by atoms with Gasteiger partial charge in [0.15, 0.2) is 28.7 Å². The number of ether oxygens (including phenoxy) is 7. The Labute approximate surface area is 248 Å². The van der Waals surface area contributed by atoms with E-state index in [2.05, 4.69) is 4.98 Å². The highest BCUT2D eigenvalue weighted by atomic mass is 16.5. The van der Waals surface area contributed by atoms with E-state index in [1.807, 2.05) is 12.1 Å². The van der Waals surface area contributed by atoms with Crippen LogP contribution < -0.4 is 34.3 Å². The maximum atomic E-state index is 14.3. The quantitative estimate of drug-likeness (QED) is 0.252. The van der Waals surface area contributed by atoms with Gasteiger partial charge in [0.2, 0.25) is 5.75 Å². The summed E-state index contributed by atoms with van der Waals surface area (Å²) in [6, 6.07) is 10.5. The fourth-order valence-electron chi connectivity index (χ4n) is 5.14. The van der Waals surface area contributed by atoms with Crippen molar-refractivity contribution in [2.75, 3.05) is 66.9 Å². The molecule has 1 aliphatic heterocycles. The molecular formula is C31H33N3O9. The standard InChI is InChI=1S/C31H33N3O9/c1-37-23-15-21-22(16-24(23)43-18-19-7-6-8-32-17-19)30(35)34(33-9-11-42-12-10-33)28(31(36)41-5)27(21)20-13-25(38-2)29(40-4)26(14-20)39-3/h6-8,13-17H,9-12,18H2,1-5H3. The monoisotopic (exact) mass is 591 g/mol. The van der Waals surface area contributed by atoms with Crippen molar-refractivity contribution in [2.45, 2.75) is 6.61 Å². The van der Waals surface area contributed by atoms with Crippen molar-refractivity contribution in [3.8, 4) is 39.9 Å². The zero-order valence-corrected chi connectivity index (χ0v) is 24.7. The number of morpholine rings is 1. The third kappa shape index (κ3) is 5.61. The van der Waals surface area contributed by atoms with E-state index in [0.29, 0.717) is 77.0 Å². The van der Waals surface area contributed by atoms with Gasteiger partial charge < -0.3 is 38.2 Å². The molecule has 0 bridgehead atoms. The Morgan fingerprint density at radius 3 is 2.14 bits per heavy atom. The molecule has 0 aliphatic carbocycles. The lowest BCUT2D eigenvalue weighted by molar-refractivity contribution is 0.0580. The van der Waals surface area contributed by atoms with Crippen LogP contribution in [-0.2, 0) is 16.1 Å². The molecule has 1 fully saturated rings. The number of hydrogen-bond acceptors (Lipinski definition) is 11. The first-order valence-corrected chi connectivity index (χ1v) is 13.5. The van der Waals surface area contributed by atoms with Gasteiger partial charge >= 0.3 is 5.97 Å². The van der Waals surface area contributed by atoms with Crippen LogP contribution in [0.25, 0.3) is 21.9 Å². The lowest BCUT2D eigenvalue weighted by Gasteiger charge is -2.33. The van der Waals surface area contributed by atoms with Crippen molar-refractivity contribution in [1.82, 2.24) is 9.66 Å². The van der Waals surface area contributed by atoms with E-state index in [1.165, 1.54) is 40.2 Å². The van der Waals surface area contributed by atoms with Crippen LogP contribution >= 0.6 is 0 Å². The third-order valence-electron chi connectivity index (χ3n) is 7.16. The van der Waals surface area contributed by atoms with Crippen LogP contribution in [0, 0.1) is 0 Å². The maximum absolute atomic E-state index is 14.3. The lowest BCUT2D eigenvalue weighted by atomic mass is 9.95. The van der Waals surface area contributed by atoms with Gasteiger partial charge in [-0.1, -0.05) is 6.07 Å². The predicted octanol–water partition coefficient (Wildman–Crippen LogP) is 3.43. The average molecular weight is 592 g/mol. The van der Waals surface area contributed by atoms with E-state index in [4.69, 9.17) is 33.2 Å². The van der Waals surface area contributed by atoms with E-state index >= 15 is 0 Å². The summed E-state index contributed by atoms with van der Waals surface area (Å²) in [5.74, 6) is 1.13. The van der Waals surface area contributed by atoms with Crippen LogP contribution in [0.4, 0.5) is 0 Å². The van der Waals surface area contributed by atoms with E-state index < -0.39 is 11.5 Å². The molecule has 0 N–H and O–H groups in total. The molecule has 1 aliphatic rings. The zero-order valence-electron chi connectivity index (χ0n) is 24.7. The van der Waals surface area contributed by atoms with Crippen molar-refractivity contribution >= 4 is 16.7 Å². The number of aromatic nitrogens is 2. The molecule has 226 valence electrons. The van der Waals surface area contributed by atoms with Gasteiger partial charge in [0.1, 0.15) is 6.61 Å². The summed E-state index contributed by atoms with van der Waals surface area (Å²) in [5.41, 5.74) is 1.37. The van der Waals surface area contributed by atoms with Gasteiger partial charge in [0, 0.05) is 28.9 Å². The first-order chi connectivity index (χ1) is 20.9. The fourth-order valence-corrected chi connectivity index (χ4v) is 5.14. The SMILES string of the molecule is COC(=O)c1c(-c2cc(OC)c(OC)c(OC)c2)c2cc(OC)c(OCc3cccnc3)cc2c(=O)n1N1CCOCC1. The zero-order chi connectivity index (χ0) is 30.5. The largest absolute Gasteiger partial charge is 0.493 e. The summed E-state index contributed by atoms with van der Waals surface area (Å²) in [7, 11) is 7.29. The van der Waals surface area contributed by atoms with Gasteiger partial charge in [-0.05, 0) is 35.9 Å². The van der Waals surface area contributed by atoms with E-state index in [-0.39, 0.29) is 12.3 Å². The van der Waals surface area contributed by atoms with E-state index in [1.54, 1.807) is 41.7 Å². The predicted molar refractivity (Wildman–Crippen MR) is 159 cm³/mol. The highest BCUT2D eigenvalue weighted by Gasteiger charge is 2.30. The molecule has 0 amide bonds. The molecule has 0 radical (unpaired) electrons. The number of nitrogens with zero attached hydrogens (tertiary/aromatic N) is 3. The van der Waals surface area contributed by atoms with Crippen LogP contribution in [0.5, 0.6) is 28.7 Å². The summed E-state index contributed by atoms with van der Waals surface area (Å²) in [4.78, 5) is 32.0. The minimum atomic E-state index is -0.704. The van der Waals surface area contributed by atoms with E-state index in [9.17, 15) is 9.59 Å². The number of carbonyl (C=O) groups excluding carboxylic acids is 1. The molecule has 0 saturated carbocycles. The van der Waals surface area contributed by atoms with Crippen LogP contribution in [0.1, 0.15) is 16.1 Å². The molecule has 5 rings (SSSR count). The van der Waals surface area contributed by atoms with Crippen molar-refractivity contribution < 1.29 is 38.0 Å². The summed E-state index contributed by atoms with van der Waals surface area (Å²) in [6.45, 7) is 1.72. The molecule has 2 aromatic carbocycles. The number of methoxy groups -OCH3 is 5. The first kappa shape index (κ1) is 29.5. The molecule has 0 atom stereocenters. The Morgan fingerprint density at radius 2 is 1.56 bits per heavy atom. The Kier molecular flexibility index (Phi) is 8.86. The Morgan fingerprint density at radius 1 is 0.884 bits per heavy atom. The molecule has 12 nitrogen and oxygen atoms in total. The topological polar surface area (TPSA) is 120 Å². The van der Waals surface area contributed by atoms with Gasteiger partial charge in [0.05, 0.1) is 67.2 Å². The minimum absolute atomic E-state index is 0.0299. The first-order valence-electron chi connectivity index (χ1n) is 13.5. The van der Waals surface area contributed by atoms with Gasteiger partial charge in [-0.2, -0.15) is 0 Å². The molecule has 0 unspecified atom stereocenters. The second-order valence-electron chi connectivity index (χ2n) is 9.51. The van der Waals surface area contributed by atoms with Gasteiger partial charge in [0.25, 0.3) is 5.56 Å². The summed E-state index contributed by atoms with van der Waals surface area (Å²) >= 11 is 0. The number of hydrogen-bond donors (Lipinski definition) is 0. The number of rotatable bonds is 10. The summed E-state index contributed by atoms with van der Waals surface area (Å²) in [6.07, 6.45) is 3.38. The smallest absolute Gasteiger partial charge is 0.357 e. The molecule has 0 spiro atoms. The minimum Gasteiger partial charge on any atom is -0.493 e. The molecule has 12 heteroatoms. The molecule has 43 heavy (non-hydrogen) atoms. The molecule has 3 heterocycles. The van der Waals surface area contributed by atoms with Crippen LogP contribution in [0.3, 0.4) is 0 Å². The Balaban J connectivity index is 1.86. The van der Waals surface area contributed by atoms with E-state index in [0.717, 1.165) is 5.56 Å². The summed E-state index contributed by atoms with van der Waals surface area (Å²) in [5, 5.41) is 2.51. The summed E-state index contributed by atoms with van der Waals surface area (Å²) < 4.78 is 40.8. The maximum Gasteiger partial charge on any atom is 0.357 e. The van der Waals surface area contributed by atoms with Crippen molar-refractivity contribution in [2.24, 2.45) is 0 Å². The second kappa shape index (κ2) is 12.9. The van der Waals surface area contributed by atoms with Crippen LogP contribution in [0.15, 0.2) is 53.6 Å². The number of fused-ring (bicyclic) bond motifs is 1. The van der Waals surface area contributed by atoms with Crippen molar-refractivity contribution in [1.29, 1.82) is 0 Å². The Bertz CT molecular complexity index is 1660. The van der Waals surface area contributed by atoms with Crippen molar-refractivity contribution in [3.05, 3.63) is 70.4 Å². The number of carbonyl (C=O) groups is 1. The molecule has 4 aromatic rings. The average Bonchev–Trinajstić information content (AvgIpc) is 3.06. The third-order valence-corrected chi connectivity index (χ3v) is 7.16. The number of esters is 1. The Hall–Kier alpha value is -4.97. The highest BCUT2D eigenvalue weighted by molar-refractivity contribution is 6.08. The van der Waals surface area contributed by atoms with Gasteiger partial charge in [-0.15, -0.1) is 0 Å². The normalized spacial score (nSPS) is 13.0. The number of benzene rings is 2. The second-order valence-corrected chi connectivity index (χ2v) is 9.51. The van der Waals surface area contributed by atoms with Gasteiger partial charge in [-0.25, -0.2) is 9.47 Å². The highest BCUT2D eigenvalue weighted by Crippen LogP contribution is 2.45. The number of pyridine rings is 2. The fraction of sp³-hybridized carbons (Fsp3) is 0.323. The van der Waals surface area contributed by atoms with Crippen molar-refractivity contribution in [3.63, 3.8) is 0 Å². The van der Waals surface area contributed by atoms with Crippen LogP contribution in [0.2, 0.25) is 0 Å². The molecule has 1 saturated heterocycles.